The summed E-state index contributed by atoms with van der Waals surface area (Å²) in [5.74, 6) is 0.694. The molecule has 0 fully saturated rings. The van der Waals surface area contributed by atoms with Gasteiger partial charge in [0.1, 0.15) is 5.75 Å². The Balaban J connectivity index is 2.20. The molecular weight excluding hydrogens is 252 g/mol. The Kier molecular flexibility index (Phi) is 8.11. The predicted molar refractivity (Wildman–Crippen MR) is 82.1 cm³/mol. The molecule has 0 aliphatic carbocycles. The van der Waals surface area contributed by atoms with Crippen molar-refractivity contribution in [1.29, 1.82) is 0 Å². The summed E-state index contributed by atoms with van der Waals surface area (Å²) in [4.78, 5) is 11.6. The summed E-state index contributed by atoms with van der Waals surface area (Å²) in [6.45, 7) is 2.19. The average Bonchev–Trinajstić information content (AvgIpc) is 2.47. The molecule has 0 saturated carbocycles. The van der Waals surface area contributed by atoms with Crippen molar-refractivity contribution in [2.75, 3.05) is 7.11 Å². The number of nitrogens with one attached hydrogen (secondary N) is 1. The molecule has 20 heavy (non-hydrogen) atoms. The van der Waals surface area contributed by atoms with Crippen LogP contribution in [0, 0.1) is 0 Å². The zero-order valence-corrected chi connectivity index (χ0v) is 12.4. The molecule has 1 aromatic carbocycles. The van der Waals surface area contributed by atoms with Crippen molar-refractivity contribution in [3.63, 3.8) is 0 Å². The molecule has 0 aromatic heterocycles. The molecule has 0 saturated heterocycles. The van der Waals surface area contributed by atoms with Crippen molar-refractivity contribution in [2.45, 2.75) is 45.4 Å². The highest BCUT2D eigenvalue weighted by atomic mass is 16.5. The van der Waals surface area contributed by atoms with E-state index in [1.54, 1.807) is 13.3 Å². The zero-order valence-electron chi connectivity index (χ0n) is 12.4. The highest BCUT2D eigenvalue weighted by molar-refractivity contribution is 5.79. The third-order valence-electron chi connectivity index (χ3n) is 2.99. The number of carbonyl (C=O) groups is 1. The second-order valence-corrected chi connectivity index (χ2v) is 4.72. The summed E-state index contributed by atoms with van der Waals surface area (Å²) in [5, 5.41) is 3.95. The molecule has 1 N–H and O–H groups in total. The minimum Gasteiger partial charge on any atom is -0.497 e. The lowest BCUT2D eigenvalue weighted by molar-refractivity contribution is -0.120. The normalized spacial score (nSPS) is 10.7. The zero-order chi connectivity index (χ0) is 14.6. The Labute approximate surface area is 121 Å². The first-order valence-corrected chi connectivity index (χ1v) is 7.19. The van der Waals surface area contributed by atoms with Crippen LogP contribution in [0.4, 0.5) is 0 Å². The van der Waals surface area contributed by atoms with Gasteiger partial charge in [0.25, 0.3) is 0 Å². The summed E-state index contributed by atoms with van der Waals surface area (Å²) in [5.41, 5.74) is 3.50. The smallest absolute Gasteiger partial charge is 0.244 e. The van der Waals surface area contributed by atoms with E-state index in [2.05, 4.69) is 17.5 Å². The van der Waals surface area contributed by atoms with E-state index in [0.29, 0.717) is 6.42 Å². The van der Waals surface area contributed by atoms with Crippen molar-refractivity contribution < 1.29 is 9.53 Å². The van der Waals surface area contributed by atoms with Crippen molar-refractivity contribution in [2.24, 2.45) is 5.10 Å². The summed E-state index contributed by atoms with van der Waals surface area (Å²) in [7, 11) is 1.62. The molecule has 1 aromatic rings. The number of amides is 1. The van der Waals surface area contributed by atoms with Crippen LogP contribution in [0.2, 0.25) is 0 Å². The van der Waals surface area contributed by atoms with Gasteiger partial charge in [0.15, 0.2) is 0 Å². The first-order valence-electron chi connectivity index (χ1n) is 7.19. The molecule has 4 heteroatoms. The molecule has 0 radical (unpaired) electrons. The second kappa shape index (κ2) is 10.0. The lowest BCUT2D eigenvalue weighted by atomic mass is 10.1. The fraction of sp³-hybridized carbons (Fsp3) is 0.500. The number of hydrogen-bond donors (Lipinski definition) is 1. The van der Waals surface area contributed by atoms with E-state index < -0.39 is 0 Å². The molecule has 0 aliphatic heterocycles. The highest BCUT2D eigenvalue weighted by Gasteiger charge is 2.01. The maximum atomic E-state index is 11.6. The summed E-state index contributed by atoms with van der Waals surface area (Å²) in [6.07, 6.45) is 7.88. The van der Waals surface area contributed by atoms with Crippen molar-refractivity contribution in [3.05, 3.63) is 29.8 Å². The Morgan fingerprint density at radius 3 is 2.65 bits per heavy atom. The van der Waals surface area contributed by atoms with Gasteiger partial charge in [0.05, 0.1) is 13.5 Å². The summed E-state index contributed by atoms with van der Waals surface area (Å²) >= 11 is 0. The van der Waals surface area contributed by atoms with Crippen LogP contribution >= 0.6 is 0 Å². The minimum atomic E-state index is -0.0972. The summed E-state index contributed by atoms with van der Waals surface area (Å²) < 4.78 is 5.07. The van der Waals surface area contributed by atoms with Gasteiger partial charge in [-0.05, 0) is 30.5 Å². The van der Waals surface area contributed by atoms with Crippen LogP contribution in [-0.4, -0.2) is 19.2 Å². The van der Waals surface area contributed by atoms with E-state index in [9.17, 15) is 4.79 Å². The molecule has 1 rings (SSSR count). The van der Waals surface area contributed by atoms with Crippen molar-refractivity contribution in [1.82, 2.24) is 5.43 Å². The average molecular weight is 276 g/mol. The van der Waals surface area contributed by atoms with Crippen LogP contribution in [0.5, 0.6) is 5.75 Å². The Hall–Kier alpha value is -1.84. The third-order valence-corrected chi connectivity index (χ3v) is 2.99. The molecule has 0 aliphatic rings. The second-order valence-electron chi connectivity index (χ2n) is 4.72. The van der Waals surface area contributed by atoms with Crippen LogP contribution in [0.1, 0.15) is 44.6 Å². The molecule has 0 unspecified atom stereocenters. The lowest BCUT2D eigenvalue weighted by Gasteiger charge is -2.02. The Morgan fingerprint density at radius 2 is 2.00 bits per heavy atom. The molecule has 0 bridgehead atoms. The van der Waals surface area contributed by atoms with Crippen LogP contribution in [0.3, 0.4) is 0 Å². The van der Waals surface area contributed by atoms with Gasteiger partial charge in [-0.15, -0.1) is 0 Å². The van der Waals surface area contributed by atoms with Crippen molar-refractivity contribution >= 4 is 12.1 Å². The number of nitrogens with zero attached hydrogens (tertiary/aromatic N) is 1. The predicted octanol–water partition coefficient (Wildman–Crippen LogP) is 3.31. The van der Waals surface area contributed by atoms with E-state index in [0.717, 1.165) is 24.2 Å². The first-order chi connectivity index (χ1) is 9.76. The number of hydrogen-bond acceptors (Lipinski definition) is 3. The molecule has 110 valence electrons. The number of carbonyl (C=O) groups excluding carboxylic acids is 1. The summed E-state index contributed by atoms with van der Waals surface area (Å²) in [6, 6.07) is 7.46. The van der Waals surface area contributed by atoms with Gasteiger partial charge >= 0.3 is 0 Å². The van der Waals surface area contributed by atoms with Gasteiger partial charge in [-0.1, -0.05) is 38.3 Å². The third kappa shape index (κ3) is 6.92. The monoisotopic (exact) mass is 276 g/mol. The molecule has 0 atom stereocenters. The van der Waals surface area contributed by atoms with Crippen molar-refractivity contribution in [3.8, 4) is 5.75 Å². The number of benzene rings is 1. The maximum absolute atomic E-state index is 11.6. The van der Waals surface area contributed by atoms with Gasteiger partial charge in [0, 0.05) is 6.21 Å². The van der Waals surface area contributed by atoms with E-state index in [-0.39, 0.29) is 5.91 Å². The van der Waals surface area contributed by atoms with Gasteiger partial charge in [-0.3, -0.25) is 4.79 Å². The molecule has 0 spiro atoms. The first kappa shape index (κ1) is 16.2. The number of hydrazone groups is 1. The topological polar surface area (TPSA) is 50.7 Å². The molecule has 0 heterocycles. The van der Waals surface area contributed by atoms with E-state index in [1.807, 2.05) is 24.3 Å². The number of rotatable bonds is 9. The minimum absolute atomic E-state index is 0.0972. The van der Waals surface area contributed by atoms with Gasteiger partial charge in [-0.25, -0.2) is 5.43 Å². The Morgan fingerprint density at radius 1 is 1.25 bits per heavy atom. The quantitative estimate of drug-likeness (QED) is 0.427. The fourth-order valence-corrected chi connectivity index (χ4v) is 1.81. The number of methoxy groups -OCH3 is 1. The molecule has 1 amide bonds. The standard InChI is InChI=1S/C16H24N2O2/c1-3-4-5-6-7-12-17-18-16(19)13-14-8-10-15(20-2)11-9-14/h8-12H,3-7,13H2,1-2H3,(H,18,19)/b17-12+. The molecular formula is C16H24N2O2. The van der Waals surface area contributed by atoms with Crippen LogP contribution in [-0.2, 0) is 11.2 Å². The Bertz CT molecular complexity index is 413. The fourth-order valence-electron chi connectivity index (χ4n) is 1.81. The van der Waals surface area contributed by atoms with Crippen LogP contribution in [0.25, 0.3) is 0 Å². The SMILES string of the molecule is CCCCCC/C=N/NC(=O)Cc1ccc(OC)cc1. The van der Waals surface area contributed by atoms with Crippen LogP contribution < -0.4 is 10.2 Å². The van der Waals surface area contributed by atoms with Crippen LogP contribution in [0.15, 0.2) is 29.4 Å². The van der Waals surface area contributed by atoms with Gasteiger partial charge < -0.3 is 4.74 Å². The lowest BCUT2D eigenvalue weighted by Crippen LogP contribution is -2.19. The van der Waals surface area contributed by atoms with E-state index in [1.165, 1.54) is 19.3 Å². The van der Waals surface area contributed by atoms with E-state index >= 15 is 0 Å². The number of ether oxygens (including phenoxy) is 1. The van der Waals surface area contributed by atoms with E-state index in [4.69, 9.17) is 4.74 Å². The van der Waals surface area contributed by atoms with Gasteiger partial charge in [-0.2, -0.15) is 5.10 Å². The highest BCUT2D eigenvalue weighted by Crippen LogP contribution is 2.11. The molecule has 4 nitrogen and oxygen atoms in total. The largest absolute Gasteiger partial charge is 0.497 e. The van der Waals surface area contributed by atoms with Gasteiger partial charge in [0.2, 0.25) is 5.91 Å². The number of unbranched alkanes of at least 4 members (excludes halogenated alkanes) is 4. The maximum Gasteiger partial charge on any atom is 0.244 e.